The van der Waals surface area contributed by atoms with Gasteiger partial charge in [-0.15, -0.1) is 10.2 Å². The maximum atomic E-state index is 12.0. The second-order valence-corrected chi connectivity index (χ2v) is 8.52. The fourth-order valence-corrected chi connectivity index (χ4v) is 3.94. The van der Waals surface area contributed by atoms with Gasteiger partial charge in [0.1, 0.15) is 12.2 Å². The summed E-state index contributed by atoms with van der Waals surface area (Å²) in [5, 5.41) is 15.4. The van der Waals surface area contributed by atoms with Gasteiger partial charge in [-0.3, -0.25) is 4.99 Å². The highest BCUT2D eigenvalue weighted by atomic mass is 16.6. The van der Waals surface area contributed by atoms with Crippen molar-refractivity contribution < 1.29 is 9.53 Å². The molecule has 1 unspecified atom stereocenters. The molecule has 0 saturated carbocycles. The van der Waals surface area contributed by atoms with Gasteiger partial charge < -0.3 is 24.8 Å². The van der Waals surface area contributed by atoms with Crippen LogP contribution in [-0.2, 0) is 17.7 Å². The topological polar surface area (TPSA) is 96.7 Å². The fourth-order valence-electron chi connectivity index (χ4n) is 3.94. The number of hydrogen-bond donors (Lipinski definition) is 2. The second-order valence-electron chi connectivity index (χ2n) is 8.52. The highest BCUT2D eigenvalue weighted by molar-refractivity contribution is 5.80. The summed E-state index contributed by atoms with van der Waals surface area (Å²) in [5.41, 5.74) is 0. The Kier molecular flexibility index (Phi) is 11.9. The number of hydrogen-bond acceptors (Lipinski definition) is 5. The average molecular weight is 450 g/mol. The molecular weight excluding hydrogens is 406 g/mol. The third kappa shape index (κ3) is 9.04. The Morgan fingerprint density at radius 1 is 1.25 bits per heavy atom. The minimum absolute atomic E-state index is 0.209. The molecule has 0 radical (unpaired) electrons. The van der Waals surface area contributed by atoms with Crippen molar-refractivity contribution in [1.29, 1.82) is 0 Å². The molecule has 1 atom stereocenters. The summed E-state index contributed by atoms with van der Waals surface area (Å²) in [6.45, 7) is 11.6. The van der Waals surface area contributed by atoms with Crippen LogP contribution in [0.1, 0.15) is 78.5 Å². The summed E-state index contributed by atoms with van der Waals surface area (Å²) < 4.78 is 7.19. The van der Waals surface area contributed by atoms with Crippen molar-refractivity contribution >= 4 is 12.1 Å². The molecular formula is C23H43N7O2. The number of guanidine groups is 1. The number of nitrogens with one attached hydrogen (secondary N) is 2. The molecule has 1 saturated heterocycles. The van der Waals surface area contributed by atoms with Crippen LogP contribution >= 0.6 is 0 Å². The lowest BCUT2D eigenvalue weighted by Gasteiger charge is -2.33. The van der Waals surface area contributed by atoms with E-state index in [0.717, 1.165) is 44.0 Å². The summed E-state index contributed by atoms with van der Waals surface area (Å²) in [6.07, 6.45) is 10.4. The third-order valence-corrected chi connectivity index (χ3v) is 5.86. The van der Waals surface area contributed by atoms with Crippen LogP contribution in [0.4, 0.5) is 4.79 Å². The van der Waals surface area contributed by atoms with Crippen molar-refractivity contribution in [1.82, 2.24) is 30.3 Å². The maximum absolute atomic E-state index is 12.0. The van der Waals surface area contributed by atoms with E-state index in [1.807, 2.05) is 6.92 Å². The van der Waals surface area contributed by atoms with Gasteiger partial charge in [0.05, 0.1) is 13.2 Å². The highest BCUT2D eigenvalue weighted by Crippen LogP contribution is 2.12. The smallest absolute Gasteiger partial charge is 0.409 e. The first kappa shape index (κ1) is 25.9. The van der Waals surface area contributed by atoms with E-state index in [1.54, 1.807) is 11.2 Å². The van der Waals surface area contributed by atoms with Gasteiger partial charge in [0, 0.05) is 38.1 Å². The van der Waals surface area contributed by atoms with E-state index in [4.69, 9.17) is 9.73 Å². The monoisotopic (exact) mass is 449 g/mol. The first-order valence-electron chi connectivity index (χ1n) is 12.4. The third-order valence-electron chi connectivity index (χ3n) is 5.86. The second kappa shape index (κ2) is 14.7. The average Bonchev–Trinajstić information content (AvgIpc) is 3.25. The van der Waals surface area contributed by atoms with Crippen LogP contribution in [-0.4, -0.2) is 70.0 Å². The van der Waals surface area contributed by atoms with Gasteiger partial charge in [-0.25, -0.2) is 4.79 Å². The van der Waals surface area contributed by atoms with E-state index < -0.39 is 0 Å². The molecule has 2 N–H and O–H groups in total. The van der Waals surface area contributed by atoms with Crippen LogP contribution in [0.25, 0.3) is 0 Å². The van der Waals surface area contributed by atoms with Crippen LogP contribution in [0.2, 0.25) is 0 Å². The quantitative estimate of drug-likeness (QED) is 0.289. The van der Waals surface area contributed by atoms with Gasteiger partial charge >= 0.3 is 6.09 Å². The summed E-state index contributed by atoms with van der Waals surface area (Å²) in [4.78, 5) is 18.6. The number of nitrogens with zero attached hydrogens (tertiary/aromatic N) is 5. The molecule has 182 valence electrons. The number of carbonyl (C=O) groups is 1. The molecule has 0 spiro atoms. The van der Waals surface area contributed by atoms with Gasteiger partial charge in [-0.05, 0) is 33.1 Å². The van der Waals surface area contributed by atoms with E-state index in [9.17, 15) is 4.79 Å². The lowest BCUT2D eigenvalue weighted by Crippen LogP contribution is -2.51. The molecule has 1 amide bonds. The number of amides is 1. The zero-order valence-corrected chi connectivity index (χ0v) is 20.5. The molecule has 32 heavy (non-hydrogen) atoms. The minimum atomic E-state index is -0.209. The molecule has 9 heteroatoms. The van der Waals surface area contributed by atoms with Crippen LogP contribution in [0.15, 0.2) is 11.3 Å². The lowest BCUT2D eigenvalue weighted by atomic mass is 10.1. The van der Waals surface area contributed by atoms with Crippen molar-refractivity contribution in [3.63, 3.8) is 0 Å². The predicted octanol–water partition coefficient (Wildman–Crippen LogP) is 3.36. The Balaban J connectivity index is 1.90. The van der Waals surface area contributed by atoms with E-state index in [-0.39, 0.29) is 6.09 Å². The van der Waals surface area contributed by atoms with E-state index >= 15 is 0 Å². The highest BCUT2D eigenvalue weighted by Gasteiger charge is 2.24. The largest absolute Gasteiger partial charge is 0.450 e. The summed E-state index contributed by atoms with van der Waals surface area (Å²) >= 11 is 0. The SMILES string of the molecule is CCCCCCC(C)NC(=NCCn1cnnc1CC)NC1CCN(C(=O)OCC)CC1. The van der Waals surface area contributed by atoms with Crippen LogP contribution < -0.4 is 10.6 Å². The van der Waals surface area contributed by atoms with E-state index in [2.05, 4.69) is 46.2 Å². The summed E-state index contributed by atoms with van der Waals surface area (Å²) in [5.74, 6) is 1.84. The van der Waals surface area contributed by atoms with Crippen LogP contribution in [0, 0.1) is 0 Å². The molecule has 1 fully saturated rings. The van der Waals surface area contributed by atoms with Gasteiger partial charge in [0.2, 0.25) is 0 Å². The van der Waals surface area contributed by atoms with Crippen molar-refractivity contribution in [3.8, 4) is 0 Å². The van der Waals surface area contributed by atoms with Gasteiger partial charge in [0.25, 0.3) is 0 Å². The minimum Gasteiger partial charge on any atom is -0.450 e. The molecule has 1 aliphatic rings. The summed E-state index contributed by atoms with van der Waals surface area (Å²) in [6, 6.07) is 0.652. The van der Waals surface area contributed by atoms with Crippen molar-refractivity contribution in [2.75, 3.05) is 26.2 Å². The number of carbonyl (C=O) groups excluding carboxylic acids is 1. The Hall–Kier alpha value is -2.32. The number of rotatable bonds is 12. The molecule has 2 heterocycles. The maximum Gasteiger partial charge on any atom is 0.409 e. The Morgan fingerprint density at radius 2 is 2.03 bits per heavy atom. The molecule has 0 aromatic carbocycles. The Bertz CT molecular complexity index is 684. The standard InChI is InChI=1S/C23H43N7O2/c1-5-8-9-10-11-19(4)26-22(24-14-17-30-18-25-28-21(30)6-2)27-20-12-15-29(16-13-20)23(31)32-7-3/h18-20H,5-17H2,1-4H3,(H2,24,26,27). The number of aliphatic imine (C=N–C) groups is 1. The molecule has 1 aromatic heterocycles. The fraction of sp³-hybridized carbons (Fsp3) is 0.826. The number of aryl methyl sites for hydroxylation is 1. The number of piperidine rings is 1. The van der Waals surface area contributed by atoms with Crippen LogP contribution in [0.5, 0.6) is 0 Å². The van der Waals surface area contributed by atoms with Crippen molar-refractivity contribution in [2.45, 2.75) is 97.7 Å². The molecule has 9 nitrogen and oxygen atoms in total. The first-order valence-corrected chi connectivity index (χ1v) is 12.4. The molecule has 2 rings (SSSR count). The molecule has 0 aliphatic carbocycles. The Labute approximate surface area is 193 Å². The van der Waals surface area contributed by atoms with E-state index in [0.29, 0.717) is 38.3 Å². The van der Waals surface area contributed by atoms with Gasteiger partial charge in [-0.1, -0.05) is 39.5 Å². The lowest BCUT2D eigenvalue weighted by molar-refractivity contribution is 0.0963. The first-order chi connectivity index (χ1) is 15.6. The Morgan fingerprint density at radius 3 is 2.72 bits per heavy atom. The zero-order valence-electron chi connectivity index (χ0n) is 20.5. The summed E-state index contributed by atoms with van der Waals surface area (Å²) in [7, 11) is 0. The van der Waals surface area contributed by atoms with E-state index in [1.165, 1.54) is 25.7 Å². The zero-order chi connectivity index (χ0) is 23.2. The van der Waals surface area contributed by atoms with Crippen LogP contribution in [0.3, 0.4) is 0 Å². The number of aromatic nitrogens is 3. The van der Waals surface area contributed by atoms with Crippen molar-refractivity contribution in [3.05, 3.63) is 12.2 Å². The molecule has 1 aliphatic heterocycles. The predicted molar refractivity (Wildman–Crippen MR) is 128 cm³/mol. The number of ether oxygens (including phenoxy) is 1. The van der Waals surface area contributed by atoms with Gasteiger partial charge in [-0.2, -0.15) is 0 Å². The molecule has 0 bridgehead atoms. The molecule has 1 aromatic rings. The number of likely N-dealkylation sites (tertiary alicyclic amines) is 1. The normalized spacial score (nSPS) is 16.1. The van der Waals surface area contributed by atoms with Gasteiger partial charge in [0.15, 0.2) is 5.96 Å². The van der Waals surface area contributed by atoms with Crippen molar-refractivity contribution in [2.24, 2.45) is 4.99 Å². The number of unbranched alkanes of at least 4 members (excludes halogenated alkanes) is 3.